The van der Waals surface area contributed by atoms with E-state index < -0.39 is 17.2 Å². The summed E-state index contributed by atoms with van der Waals surface area (Å²) in [6.45, 7) is 1.87. The molecule has 1 heterocycles. The maximum Gasteiger partial charge on any atom is 0.280 e. The van der Waals surface area contributed by atoms with E-state index in [2.05, 4.69) is 10.4 Å². The van der Waals surface area contributed by atoms with Crippen molar-refractivity contribution in [2.24, 2.45) is 0 Å². The van der Waals surface area contributed by atoms with Crippen LogP contribution in [0.1, 0.15) is 16.1 Å². The standard InChI is InChI=1S/C20H19N3O5/c1-12-5-4-6-13(9-12)23-18(25)11-16(24)19(22-23)20(26)21-15-10-14(27-2)7-8-17(15)28-3/h4-11,24H,1-3H3,(H,21,26). The van der Waals surface area contributed by atoms with Crippen molar-refractivity contribution >= 4 is 11.6 Å². The maximum absolute atomic E-state index is 12.7. The molecule has 2 N–H and O–H groups in total. The van der Waals surface area contributed by atoms with Crippen LogP contribution in [0.5, 0.6) is 17.2 Å². The summed E-state index contributed by atoms with van der Waals surface area (Å²) in [4.78, 5) is 25.0. The van der Waals surface area contributed by atoms with Crippen LogP contribution in [0.4, 0.5) is 5.69 Å². The van der Waals surface area contributed by atoms with E-state index in [0.717, 1.165) is 16.3 Å². The van der Waals surface area contributed by atoms with Gasteiger partial charge in [0.05, 0.1) is 25.6 Å². The number of methoxy groups -OCH3 is 2. The molecule has 0 unspecified atom stereocenters. The number of nitrogens with zero attached hydrogens (tertiary/aromatic N) is 2. The minimum absolute atomic E-state index is 0.300. The van der Waals surface area contributed by atoms with Crippen molar-refractivity contribution in [3.05, 3.63) is 70.1 Å². The fraction of sp³-hybridized carbons (Fsp3) is 0.150. The van der Waals surface area contributed by atoms with Gasteiger partial charge in [-0.25, -0.2) is 0 Å². The van der Waals surface area contributed by atoms with Crippen LogP contribution in [0.2, 0.25) is 0 Å². The van der Waals surface area contributed by atoms with E-state index in [9.17, 15) is 14.7 Å². The van der Waals surface area contributed by atoms with Crippen LogP contribution >= 0.6 is 0 Å². The monoisotopic (exact) mass is 381 g/mol. The topological polar surface area (TPSA) is 103 Å². The molecule has 0 saturated carbocycles. The molecule has 1 amide bonds. The molecule has 0 bridgehead atoms. The number of carbonyl (C=O) groups excluding carboxylic acids is 1. The average Bonchev–Trinajstić information content (AvgIpc) is 2.67. The molecule has 144 valence electrons. The predicted molar refractivity (Wildman–Crippen MR) is 104 cm³/mol. The Kier molecular flexibility index (Phi) is 5.30. The van der Waals surface area contributed by atoms with E-state index in [-0.39, 0.29) is 5.69 Å². The zero-order valence-electron chi connectivity index (χ0n) is 15.6. The van der Waals surface area contributed by atoms with E-state index in [1.165, 1.54) is 14.2 Å². The minimum atomic E-state index is -0.703. The molecular formula is C20H19N3O5. The predicted octanol–water partition coefficient (Wildman–Crippen LogP) is 2.52. The molecule has 0 fully saturated rings. The maximum atomic E-state index is 12.7. The normalized spacial score (nSPS) is 10.4. The van der Waals surface area contributed by atoms with Crippen LogP contribution < -0.4 is 20.3 Å². The summed E-state index contributed by atoms with van der Waals surface area (Å²) in [5.41, 5.74) is 0.885. The molecule has 3 rings (SSSR count). The number of anilines is 1. The number of rotatable bonds is 5. The number of aryl methyl sites for hydroxylation is 1. The van der Waals surface area contributed by atoms with E-state index in [1.807, 2.05) is 13.0 Å². The zero-order valence-corrected chi connectivity index (χ0v) is 15.6. The van der Waals surface area contributed by atoms with Crippen molar-refractivity contribution in [1.82, 2.24) is 9.78 Å². The first-order valence-corrected chi connectivity index (χ1v) is 8.36. The summed E-state index contributed by atoms with van der Waals surface area (Å²) in [6, 6.07) is 12.9. The molecule has 0 atom stereocenters. The van der Waals surface area contributed by atoms with Crippen molar-refractivity contribution in [1.29, 1.82) is 0 Å². The molecular weight excluding hydrogens is 362 g/mol. The molecule has 8 nitrogen and oxygen atoms in total. The van der Waals surface area contributed by atoms with Crippen LogP contribution in [0, 0.1) is 6.92 Å². The van der Waals surface area contributed by atoms with E-state index in [0.29, 0.717) is 22.9 Å². The molecule has 0 aliphatic carbocycles. The number of aromatic hydroxyl groups is 1. The van der Waals surface area contributed by atoms with Gasteiger partial charge in [-0.05, 0) is 36.8 Å². The molecule has 8 heteroatoms. The highest BCUT2D eigenvalue weighted by Crippen LogP contribution is 2.29. The highest BCUT2D eigenvalue weighted by atomic mass is 16.5. The molecule has 2 aromatic carbocycles. The summed E-state index contributed by atoms with van der Waals surface area (Å²) in [5, 5.41) is 16.8. The lowest BCUT2D eigenvalue weighted by Gasteiger charge is -2.13. The molecule has 0 aliphatic rings. The summed E-state index contributed by atoms with van der Waals surface area (Å²) in [7, 11) is 2.96. The lowest BCUT2D eigenvalue weighted by Crippen LogP contribution is -2.25. The second-order valence-electron chi connectivity index (χ2n) is 5.99. The molecule has 0 saturated heterocycles. The van der Waals surface area contributed by atoms with Gasteiger partial charge in [0.25, 0.3) is 11.5 Å². The van der Waals surface area contributed by atoms with E-state index in [1.54, 1.807) is 36.4 Å². The summed E-state index contributed by atoms with van der Waals surface area (Å²) in [5.74, 6) is -0.308. The van der Waals surface area contributed by atoms with Crippen LogP contribution in [0.15, 0.2) is 53.3 Å². The number of amides is 1. The van der Waals surface area contributed by atoms with Crippen LogP contribution in [0.25, 0.3) is 5.69 Å². The third-order valence-corrected chi connectivity index (χ3v) is 4.03. The second-order valence-corrected chi connectivity index (χ2v) is 5.99. The number of hydrogen-bond donors (Lipinski definition) is 2. The fourth-order valence-electron chi connectivity index (χ4n) is 2.65. The number of hydrogen-bond acceptors (Lipinski definition) is 6. The van der Waals surface area contributed by atoms with Gasteiger partial charge in [-0.3, -0.25) is 9.59 Å². The van der Waals surface area contributed by atoms with Gasteiger partial charge in [-0.2, -0.15) is 9.78 Å². The molecule has 28 heavy (non-hydrogen) atoms. The summed E-state index contributed by atoms with van der Waals surface area (Å²) < 4.78 is 11.4. The Bertz CT molecular complexity index is 1090. The number of nitrogens with one attached hydrogen (secondary N) is 1. The lowest BCUT2D eigenvalue weighted by atomic mass is 10.2. The molecule has 1 aromatic heterocycles. The average molecular weight is 381 g/mol. The summed E-state index contributed by atoms with van der Waals surface area (Å²) in [6.07, 6.45) is 0. The SMILES string of the molecule is COc1ccc(OC)c(NC(=O)c2nn(-c3cccc(C)c3)c(=O)cc2O)c1. The lowest BCUT2D eigenvalue weighted by molar-refractivity contribution is 0.101. The first-order valence-electron chi connectivity index (χ1n) is 8.36. The van der Waals surface area contributed by atoms with Crippen molar-refractivity contribution < 1.29 is 19.4 Å². The number of benzene rings is 2. The number of aromatic nitrogens is 2. The minimum Gasteiger partial charge on any atom is -0.505 e. The Labute approximate surface area is 161 Å². The second kappa shape index (κ2) is 7.83. The zero-order chi connectivity index (χ0) is 20.3. The molecule has 0 radical (unpaired) electrons. The third kappa shape index (κ3) is 3.80. The largest absolute Gasteiger partial charge is 0.505 e. The fourth-order valence-corrected chi connectivity index (χ4v) is 2.65. The third-order valence-electron chi connectivity index (χ3n) is 4.03. The molecule has 3 aromatic rings. The van der Waals surface area contributed by atoms with Crippen molar-refractivity contribution in [3.63, 3.8) is 0 Å². The van der Waals surface area contributed by atoms with Gasteiger partial charge < -0.3 is 19.9 Å². The Morgan fingerprint density at radius 3 is 2.57 bits per heavy atom. The van der Waals surface area contributed by atoms with Crippen LogP contribution in [-0.2, 0) is 0 Å². The number of ether oxygens (including phenoxy) is 2. The van der Waals surface area contributed by atoms with Gasteiger partial charge >= 0.3 is 0 Å². The van der Waals surface area contributed by atoms with Gasteiger partial charge in [0.2, 0.25) is 0 Å². The van der Waals surface area contributed by atoms with Gasteiger partial charge in [0.1, 0.15) is 11.5 Å². The molecule has 0 aliphatic heterocycles. The Hall–Kier alpha value is -3.81. The van der Waals surface area contributed by atoms with Gasteiger partial charge in [-0.15, -0.1) is 0 Å². The first kappa shape index (κ1) is 19.0. The van der Waals surface area contributed by atoms with Gasteiger partial charge in [0.15, 0.2) is 11.4 Å². The van der Waals surface area contributed by atoms with E-state index in [4.69, 9.17) is 9.47 Å². The van der Waals surface area contributed by atoms with Crippen molar-refractivity contribution in [2.45, 2.75) is 6.92 Å². The number of carbonyl (C=O) groups is 1. The van der Waals surface area contributed by atoms with Crippen LogP contribution in [0.3, 0.4) is 0 Å². The van der Waals surface area contributed by atoms with Gasteiger partial charge in [-0.1, -0.05) is 12.1 Å². The van der Waals surface area contributed by atoms with E-state index >= 15 is 0 Å². The van der Waals surface area contributed by atoms with Gasteiger partial charge in [0, 0.05) is 12.1 Å². The van der Waals surface area contributed by atoms with Crippen molar-refractivity contribution in [3.8, 4) is 22.9 Å². The highest BCUT2D eigenvalue weighted by Gasteiger charge is 2.19. The van der Waals surface area contributed by atoms with Crippen molar-refractivity contribution in [2.75, 3.05) is 19.5 Å². The first-order chi connectivity index (χ1) is 13.4. The smallest absolute Gasteiger partial charge is 0.280 e. The quantitative estimate of drug-likeness (QED) is 0.704. The Morgan fingerprint density at radius 2 is 1.89 bits per heavy atom. The Morgan fingerprint density at radius 1 is 1.11 bits per heavy atom. The highest BCUT2D eigenvalue weighted by molar-refractivity contribution is 6.05. The molecule has 0 spiro atoms. The summed E-state index contributed by atoms with van der Waals surface area (Å²) >= 11 is 0. The Balaban J connectivity index is 2.01. The van der Waals surface area contributed by atoms with Crippen LogP contribution in [-0.4, -0.2) is 35.0 Å².